The van der Waals surface area contributed by atoms with Crippen molar-refractivity contribution in [2.24, 2.45) is 0 Å². The van der Waals surface area contributed by atoms with Crippen LogP contribution in [-0.2, 0) is 9.59 Å². The van der Waals surface area contributed by atoms with Gasteiger partial charge >= 0.3 is 5.97 Å². The maximum Gasteiger partial charge on any atom is 0.323 e. The number of hydrogen-bond acceptors (Lipinski definition) is 3. The van der Waals surface area contributed by atoms with Gasteiger partial charge in [-0.1, -0.05) is 12.1 Å². The van der Waals surface area contributed by atoms with E-state index in [-0.39, 0.29) is 12.5 Å². The van der Waals surface area contributed by atoms with Gasteiger partial charge in [-0.05, 0) is 23.8 Å². The Hall–Kier alpha value is -2.61. The molecule has 5 heteroatoms. The standard InChI is InChI=1S/C13H12N2O3/c1-15(9-13(17)18)12(16)7-6-10-2-4-11(8-14)5-3-10/h2-7H,9H2,1H3,(H,17,18)/b7-6+. The van der Waals surface area contributed by atoms with Crippen LogP contribution in [0.2, 0.25) is 0 Å². The van der Waals surface area contributed by atoms with Crippen molar-refractivity contribution in [3.63, 3.8) is 0 Å². The molecule has 0 unspecified atom stereocenters. The Bertz CT molecular complexity index is 512. The molecule has 0 aromatic heterocycles. The predicted octanol–water partition coefficient (Wildman–Crippen LogP) is 1.11. The number of carboxylic acid groups (broad SMARTS) is 1. The molecule has 0 spiro atoms. The minimum atomic E-state index is -1.06. The first-order valence-electron chi connectivity index (χ1n) is 5.18. The van der Waals surface area contributed by atoms with Crippen LogP contribution >= 0.6 is 0 Å². The summed E-state index contributed by atoms with van der Waals surface area (Å²) in [6, 6.07) is 8.70. The van der Waals surface area contributed by atoms with E-state index in [9.17, 15) is 9.59 Å². The molecule has 0 fully saturated rings. The van der Waals surface area contributed by atoms with E-state index in [2.05, 4.69) is 0 Å². The summed E-state index contributed by atoms with van der Waals surface area (Å²) >= 11 is 0. The van der Waals surface area contributed by atoms with Gasteiger partial charge in [0.25, 0.3) is 0 Å². The number of likely N-dealkylation sites (N-methyl/N-ethyl adjacent to an activating group) is 1. The van der Waals surface area contributed by atoms with Crippen LogP contribution in [0.3, 0.4) is 0 Å². The summed E-state index contributed by atoms with van der Waals surface area (Å²) in [6.07, 6.45) is 2.87. The van der Waals surface area contributed by atoms with E-state index in [4.69, 9.17) is 10.4 Å². The zero-order valence-electron chi connectivity index (χ0n) is 9.83. The average molecular weight is 244 g/mol. The lowest BCUT2D eigenvalue weighted by Gasteiger charge is -2.11. The molecule has 0 saturated carbocycles. The Kier molecular flexibility index (Phi) is 4.64. The molecule has 0 atom stereocenters. The monoisotopic (exact) mass is 244 g/mol. The fourth-order valence-corrected chi connectivity index (χ4v) is 1.24. The third kappa shape index (κ3) is 4.10. The zero-order valence-corrected chi connectivity index (χ0v) is 9.83. The first-order chi connectivity index (χ1) is 8.52. The summed E-state index contributed by atoms with van der Waals surface area (Å²) in [5.41, 5.74) is 1.31. The van der Waals surface area contributed by atoms with Crippen molar-refractivity contribution in [2.45, 2.75) is 0 Å². The number of aliphatic carboxylic acids is 1. The van der Waals surface area contributed by atoms with E-state index in [0.717, 1.165) is 10.5 Å². The Morgan fingerprint density at radius 3 is 2.50 bits per heavy atom. The van der Waals surface area contributed by atoms with Gasteiger partial charge in [-0.25, -0.2) is 0 Å². The SMILES string of the molecule is CN(CC(=O)O)C(=O)/C=C/c1ccc(C#N)cc1. The second-order valence-electron chi connectivity index (χ2n) is 3.66. The fraction of sp³-hybridized carbons (Fsp3) is 0.154. The molecule has 1 aromatic carbocycles. The minimum absolute atomic E-state index is 0.337. The lowest BCUT2D eigenvalue weighted by Crippen LogP contribution is -2.30. The molecule has 1 rings (SSSR count). The van der Waals surface area contributed by atoms with Crippen LogP contribution in [0.15, 0.2) is 30.3 Å². The smallest absolute Gasteiger partial charge is 0.323 e. The third-order valence-corrected chi connectivity index (χ3v) is 2.21. The van der Waals surface area contributed by atoms with Crippen LogP contribution in [0.5, 0.6) is 0 Å². The second-order valence-corrected chi connectivity index (χ2v) is 3.66. The molecule has 0 aliphatic rings. The Labute approximate surface area is 105 Å². The van der Waals surface area contributed by atoms with Crippen molar-refractivity contribution >= 4 is 18.0 Å². The molecule has 18 heavy (non-hydrogen) atoms. The van der Waals surface area contributed by atoms with Crippen LogP contribution in [-0.4, -0.2) is 35.5 Å². The van der Waals surface area contributed by atoms with E-state index in [1.165, 1.54) is 13.1 Å². The summed E-state index contributed by atoms with van der Waals surface area (Å²) in [6.45, 7) is -0.337. The predicted molar refractivity (Wildman–Crippen MR) is 65.5 cm³/mol. The van der Waals surface area contributed by atoms with Gasteiger partial charge in [-0.15, -0.1) is 0 Å². The molecule has 0 radical (unpaired) electrons. The highest BCUT2D eigenvalue weighted by atomic mass is 16.4. The van der Waals surface area contributed by atoms with Crippen LogP contribution in [0.4, 0.5) is 0 Å². The summed E-state index contributed by atoms with van der Waals surface area (Å²) < 4.78 is 0. The molecule has 0 heterocycles. The topological polar surface area (TPSA) is 81.4 Å². The van der Waals surface area contributed by atoms with Gasteiger partial charge in [-0.3, -0.25) is 9.59 Å². The van der Waals surface area contributed by atoms with E-state index < -0.39 is 5.97 Å². The molecule has 0 aliphatic heterocycles. The highest BCUT2D eigenvalue weighted by Gasteiger charge is 2.08. The van der Waals surface area contributed by atoms with Crippen molar-refractivity contribution in [2.75, 3.05) is 13.6 Å². The van der Waals surface area contributed by atoms with Crippen LogP contribution in [0.25, 0.3) is 6.08 Å². The Morgan fingerprint density at radius 2 is 2.00 bits per heavy atom. The molecule has 5 nitrogen and oxygen atoms in total. The first-order valence-corrected chi connectivity index (χ1v) is 5.18. The van der Waals surface area contributed by atoms with Crippen LogP contribution < -0.4 is 0 Å². The van der Waals surface area contributed by atoms with E-state index >= 15 is 0 Å². The summed E-state index contributed by atoms with van der Waals surface area (Å²) in [5.74, 6) is -1.45. The molecular weight excluding hydrogens is 232 g/mol. The van der Waals surface area contributed by atoms with E-state index in [0.29, 0.717) is 5.56 Å². The first kappa shape index (κ1) is 13.5. The number of carboxylic acids is 1. The van der Waals surface area contributed by atoms with Gasteiger partial charge in [0.1, 0.15) is 6.54 Å². The molecule has 1 N–H and O–H groups in total. The quantitative estimate of drug-likeness (QED) is 0.804. The number of nitriles is 1. The number of rotatable bonds is 4. The normalized spacial score (nSPS) is 10.0. The highest BCUT2D eigenvalue weighted by Crippen LogP contribution is 2.05. The maximum atomic E-state index is 11.5. The zero-order chi connectivity index (χ0) is 13.5. The van der Waals surface area contributed by atoms with Crippen molar-refractivity contribution in [3.05, 3.63) is 41.5 Å². The van der Waals surface area contributed by atoms with Crippen molar-refractivity contribution < 1.29 is 14.7 Å². The Balaban J connectivity index is 2.65. The van der Waals surface area contributed by atoms with Gasteiger partial charge in [0, 0.05) is 13.1 Å². The molecule has 92 valence electrons. The van der Waals surface area contributed by atoms with Crippen LogP contribution in [0, 0.1) is 11.3 Å². The third-order valence-electron chi connectivity index (χ3n) is 2.21. The summed E-state index contributed by atoms with van der Waals surface area (Å²) in [7, 11) is 1.42. The summed E-state index contributed by atoms with van der Waals surface area (Å²) in [5, 5.41) is 17.1. The lowest BCUT2D eigenvalue weighted by atomic mass is 10.1. The number of amides is 1. The fourth-order valence-electron chi connectivity index (χ4n) is 1.24. The average Bonchev–Trinajstić information content (AvgIpc) is 2.35. The van der Waals surface area contributed by atoms with Gasteiger partial charge in [0.05, 0.1) is 11.6 Å². The van der Waals surface area contributed by atoms with Gasteiger partial charge in [-0.2, -0.15) is 5.26 Å². The van der Waals surface area contributed by atoms with E-state index in [1.54, 1.807) is 30.3 Å². The van der Waals surface area contributed by atoms with E-state index in [1.807, 2.05) is 6.07 Å². The second kappa shape index (κ2) is 6.21. The van der Waals surface area contributed by atoms with Gasteiger partial charge in [0.2, 0.25) is 5.91 Å². The largest absolute Gasteiger partial charge is 0.480 e. The molecule has 0 aliphatic carbocycles. The van der Waals surface area contributed by atoms with Gasteiger partial charge < -0.3 is 10.0 Å². The molecule has 0 bridgehead atoms. The number of carbonyl (C=O) groups is 2. The van der Waals surface area contributed by atoms with Crippen molar-refractivity contribution in [1.29, 1.82) is 5.26 Å². The molecule has 0 saturated heterocycles. The number of nitrogens with zero attached hydrogens (tertiary/aromatic N) is 2. The number of hydrogen-bond donors (Lipinski definition) is 1. The lowest BCUT2D eigenvalue weighted by molar-refractivity contribution is -0.141. The van der Waals surface area contributed by atoms with Crippen molar-refractivity contribution in [3.8, 4) is 6.07 Å². The molecular formula is C13H12N2O3. The number of benzene rings is 1. The highest BCUT2D eigenvalue weighted by molar-refractivity contribution is 5.93. The summed E-state index contributed by atoms with van der Waals surface area (Å²) in [4.78, 5) is 23.0. The molecule has 1 amide bonds. The van der Waals surface area contributed by atoms with Gasteiger partial charge in [0.15, 0.2) is 0 Å². The van der Waals surface area contributed by atoms with Crippen LogP contribution in [0.1, 0.15) is 11.1 Å². The maximum absolute atomic E-state index is 11.5. The van der Waals surface area contributed by atoms with Crippen molar-refractivity contribution in [1.82, 2.24) is 4.90 Å². The Morgan fingerprint density at radius 1 is 1.39 bits per heavy atom. The minimum Gasteiger partial charge on any atom is -0.480 e. The molecule has 1 aromatic rings. The number of carbonyl (C=O) groups excluding carboxylic acids is 1.